The number of nitrogens with zero attached hydrogens (tertiary/aromatic N) is 2. The highest BCUT2D eigenvalue weighted by Crippen LogP contribution is 2.15. The van der Waals surface area contributed by atoms with Gasteiger partial charge in [0.25, 0.3) is 0 Å². The Hall–Kier alpha value is -1.84. The average molecular weight is 332 g/mol. The summed E-state index contributed by atoms with van der Waals surface area (Å²) in [5.41, 5.74) is 3.91. The van der Waals surface area contributed by atoms with Crippen molar-refractivity contribution in [2.24, 2.45) is 10.3 Å². The molecule has 0 heterocycles. The van der Waals surface area contributed by atoms with Crippen LogP contribution in [0.2, 0.25) is 0 Å². The molecule has 0 radical (unpaired) electrons. The molecule has 2 N–H and O–H groups in total. The molecule has 0 amide bonds. The normalized spacial score (nSPS) is 12.6. The fourth-order valence-corrected chi connectivity index (χ4v) is 2.81. The van der Waals surface area contributed by atoms with Gasteiger partial charge >= 0.3 is 0 Å². The molecule has 0 saturated carbocycles. The lowest BCUT2D eigenvalue weighted by atomic mass is 9.97. The largest absolute Gasteiger partial charge is 0.411 e. The number of benzene rings is 1. The molecule has 0 fully saturated rings. The first kappa shape index (κ1) is 20.2. The van der Waals surface area contributed by atoms with Crippen molar-refractivity contribution in [2.45, 2.75) is 78.6 Å². The summed E-state index contributed by atoms with van der Waals surface area (Å²) in [6.45, 7) is 6.28. The number of hydrogen-bond donors (Lipinski definition) is 2. The third-order valence-corrected chi connectivity index (χ3v) is 4.54. The number of oxime groups is 2. The summed E-state index contributed by atoms with van der Waals surface area (Å²) in [6.07, 6.45) is 10.4. The topological polar surface area (TPSA) is 65.2 Å². The molecule has 1 rings (SSSR count). The summed E-state index contributed by atoms with van der Waals surface area (Å²) in [5, 5.41) is 25.4. The van der Waals surface area contributed by atoms with E-state index >= 15 is 0 Å². The highest BCUT2D eigenvalue weighted by molar-refractivity contribution is 6.48. The van der Waals surface area contributed by atoms with Gasteiger partial charge < -0.3 is 10.4 Å². The van der Waals surface area contributed by atoms with E-state index in [1.54, 1.807) is 0 Å². The van der Waals surface area contributed by atoms with Crippen LogP contribution in [-0.4, -0.2) is 21.8 Å². The van der Waals surface area contributed by atoms with Crippen LogP contribution in [-0.2, 0) is 0 Å². The molecule has 0 bridgehead atoms. The zero-order chi connectivity index (χ0) is 17.8. The van der Waals surface area contributed by atoms with Crippen LogP contribution in [0, 0.1) is 13.8 Å². The predicted octanol–water partition coefficient (Wildman–Crippen LogP) is 5.84. The van der Waals surface area contributed by atoms with Crippen LogP contribution in [0.4, 0.5) is 0 Å². The standard InChI is InChI=1S/C20H32N2O2/c1-4-5-6-7-8-9-10-11-12-19(21-23)20(22-24)18-14-13-16(2)17(3)15-18/h13-15,23-24H,4-12H2,1-3H3/b21-19+,22-20-. The minimum atomic E-state index is 0.364. The smallest absolute Gasteiger partial charge is 0.134 e. The van der Waals surface area contributed by atoms with E-state index in [1.165, 1.54) is 44.1 Å². The van der Waals surface area contributed by atoms with Gasteiger partial charge in [-0.3, -0.25) is 0 Å². The van der Waals surface area contributed by atoms with Crippen LogP contribution in [0.25, 0.3) is 0 Å². The second kappa shape index (κ2) is 11.7. The molecule has 0 aliphatic carbocycles. The first-order valence-corrected chi connectivity index (χ1v) is 9.15. The fourth-order valence-electron chi connectivity index (χ4n) is 2.81. The Morgan fingerprint density at radius 3 is 2.00 bits per heavy atom. The quantitative estimate of drug-likeness (QED) is 0.231. The lowest BCUT2D eigenvalue weighted by Crippen LogP contribution is -2.16. The Kier molecular flexibility index (Phi) is 9.81. The maximum absolute atomic E-state index is 9.36. The molecule has 0 aromatic heterocycles. The second-order valence-corrected chi connectivity index (χ2v) is 6.52. The molecule has 24 heavy (non-hydrogen) atoms. The van der Waals surface area contributed by atoms with Crippen molar-refractivity contribution in [3.63, 3.8) is 0 Å². The predicted molar refractivity (Wildman–Crippen MR) is 101 cm³/mol. The monoisotopic (exact) mass is 332 g/mol. The van der Waals surface area contributed by atoms with Gasteiger partial charge in [-0.1, -0.05) is 74.3 Å². The van der Waals surface area contributed by atoms with Gasteiger partial charge in [0, 0.05) is 5.56 Å². The van der Waals surface area contributed by atoms with Crippen molar-refractivity contribution in [3.8, 4) is 0 Å². The van der Waals surface area contributed by atoms with Gasteiger partial charge in [-0.05, 0) is 43.9 Å². The van der Waals surface area contributed by atoms with E-state index in [0.717, 1.165) is 24.0 Å². The molecule has 4 heteroatoms. The Morgan fingerprint density at radius 1 is 0.833 bits per heavy atom. The van der Waals surface area contributed by atoms with Gasteiger partial charge in [0.2, 0.25) is 0 Å². The molecule has 1 aromatic carbocycles. The van der Waals surface area contributed by atoms with Gasteiger partial charge in [-0.2, -0.15) is 0 Å². The molecular weight excluding hydrogens is 300 g/mol. The van der Waals surface area contributed by atoms with Gasteiger partial charge in [0.1, 0.15) is 11.4 Å². The summed E-state index contributed by atoms with van der Waals surface area (Å²) >= 11 is 0. The molecule has 4 nitrogen and oxygen atoms in total. The van der Waals surface area contributed by atoms with E-state index in [4.69, 9.17) is 0 Å². The summed E-state index contributed by atoms with van der Waals surface area (Å²) < 4.78 is 0. The Balaban J connectivity index is 2.48. The van der Waals surface area contributed by atoms with Crippen molar-refractivity contribution in [1.29, 1.82) is 0 Å². The first-order valence-electron chi connectivity index (χ1n) is 9.15. The first-order chi connectivity index (χ1) is 11.6. The minimum Gasteiger partial charge on any atom is -0.411 e. The molecule has 0 saturated heterocycles. The third-order valence-electron chi connectivity index (χ3n) is 4.54. The minimum absolute atomic E-state index is 0.364. The Labute approximate surface area is 146 Å². The van der Waals surface area contributed by atoms with Crippen molar-refractivity contribution in [3.05, 3.63) is 34.9 Å². The van der Waals surface area contributed by atoms with E-state index in [1.807, 2.05) is 32.0 Å². The van der Waals surface area contributed by atoms with Crippen LogP contribution in [0.1, 0.15) is 81.4 Å². The van der Waals surface area contributed by atoms with Gasteiger partial charge in [0.15, 0.2) is 0 Å². The van der Waals surface area contributed by atoms with E-state index in [0.29, 0.717) is 17.8 Å². The van der Waals surface area contributed by atoms with Crippen molar-refractivity contribution in [2.75, 3.05) is 0 Å². The summed E-state index contributed by atoms with van der Waals surface area (Å²) in [6, 6.07) is 5.85. The van der Waals surface area contributed by atoms with Gasteiger partial charge in [-0.15, -0.1) is 0 Å². The lowest BCUT2D eigenvalue weighted by molar-refractivity contribution is 0.313. The van der Waals surface area contributed by atoms with Crippen LogP contribution in [0.5, 0.6) is 0 Å². The Morgan fingerprint density at radius 2 is 1.46 bits per heavy atom. The number of aryl methyl sites for hydroxylation is 2. The van der Waals surface area contributed by atoms with Crippen LogP contribution in [0.3, 0.4) is 0 Å². The summed E-state index contributed by atoms with van der Waals surface area (Å²) in [7, 11) is 0. The van der Waals surface area contributed by atoms with E-state index in [-0.39, 0.29) is 0 Å². The Bertz CT molecular complexity index is 551. The van der Waals surface area contributed by atoms with E-state index < -0.39 is 0 Å². The van der Waals surface area contributed by atoms with E-state index in [9.17, 15) is 10.4 Å². The maximum atomic E-state index is 9.36. The zero-order valence-electron chi connectivity index (χ0n) is 15.4. The molecule has 0 atom stereocenters. The van der Waals surface area contributed by atoms with Gasteiger partial charge in [0.05, 0.1) is 0 Å². The zero-order valence-corrected chi connectivity index (χ0v) is 15.4. The molecule has 0 spiro atoms. The van der Waals surface area contributed by atoms with Crippen LogP contribution < -0.4 is 0 Å². The van der Waals surface area contributed by atoms with Crippen molar-refractivity contribution >= 4 is 11.4 Å². The molecule has 0 aliphatic rings. The fraction of sp³-hybridized carbons (Fsp3) is 0.600. The number of rotatable bonds is 11. The SMILES string of the molecule is CCCCCCCCCCC(=N\O)/C(=N\O)c1ccc(C)c(C)c1. The van der Waals surface area contributed by atoms with Crippen molar-refractivity contribution < 1.29 is 10.4 Å². The molecule has 0 aliphatic heterocycles. The van der Waals surface area contributed by atoms with E-state index in [2.05, 4.69) is 17.2 Å². The summed E-state index contributed by atoms with van der Waals surface area (Å²) in [5.74, 6) is 0. The number of unbranched alkanes of at least 4 members (excludes halogenated alkanes) is 7. The van der Waals surface area contributed by atoms with Crippen LogP contribution >= 0.6 is 0 Å². The van der Waals surface area contributed by atoms with Crippen LogP contribution in [0.15, 0.2) is 28.5 Å². The molecular formula is C20H32N2O2. The third kappa shape index (κ3) is 6.73. The van der Waals surface area contributed by atoms with Gasteiger partial charge in [-0.25, -0.2) is 0 Å². The average Bonchev–Trinajstić information content (AvgIpc) is 2.59. The number of hydrogen-bond acceptors (Lipinski definition) is 4. The second-order valence-electron chi connectivity index (χ2n) is 6.52. The molecule has 1 aromatic rings. The van der Waals surface area contributed by atoms with Crippen molar-refractivity contribution in [1.82, 2.24) is 0 Å². The lowest BCUT2D eigenvalue weighted by Gasteiger charge is -2.09. The molecule has 134 valence electrons. The molecule has 0 unspecified atom stereocenters. The highest BCUT2D eigenvalue weighted by atomic mass is 16.4. The highest BCUT2D eigenvalue weighted by Gasteiger charge is 2.14. The summed E-state index contributed by atoms with van der Waals surface area (Å²) in [4.78, 5) is 0. The maximum Gasteiger partial charge on any atom is 0.134 e.